The normalized spacial score (nSPS) is 10.8. The smallest absolute Gasteiger partial charge is 0.277 e. The molecule has 0 spiro atoms. The maximum absolute atomic E-state index is 11.7. The molecule has 0 saturated heterocycles. The monoisotopic (exact) mass is 398 g/mol. The van der Waals surface area contributed by atoms with Gasteiger partial charge in [0.05, 0.1) is 6.21 Å². The molecule has 0 fully saturated rings. The molecule has 1 N–H and O–H groups in total. The van der Waals surface area contributed by atoms with Gasteiger partial charge in [-0.3, -0.25) is 4.79 Å². The van der Waals surface area contributed by atoms with Crippen molar-refractivity contribution in [2.75, 3.05) is 6.61 Å². The lowest BCUT2D eigenvalue weighted by Gasteiger charge is -2.06. The van der Waals surface area contributed by atoms with Gasteiger partial charge in [0.2, 0.25) is 0 Å². The highest BCUT2D eigenvalue weighted by Gasteiger charge is 2.03. The van der Waals surface area contributed by atoms with Gasteiger partial charge in [-0.05, 0) is 51.3 Å². The van der Waals surface area contributed by atoms with Gasteiger partial charge in [-0.25, -0.2) is 5.43 Å². The van der Waals surface area contributed by atoms with Crippen LogP contribution in [0.25, 0.3) is 11.1 Å². The SMILES string of the molecule is O=C(COc1ccc(-c2ccccc2)cc1)N/N=C\c1ccc(Br)o1. The average molecular weight is 399 g/mol. The van der Waals surface area contributed by atoms with Crippen LogP contribution < -0.4 is 10.2 Å². The van der Waals surface area contributed by atoms with Gasteiger partial charge in [0.25, 0.3) is 5.91 Å². The number of benzene rings is 2. The zero-order chi connectivity index (χ0) is 17.5. The summed E-state index contributed by atoms with van der Waals surface area (Å²) in [5.74, 6) is 0.798. The van der Waals surface area contributed by atoms with E-state index in [0.717, 1.165) is 11.1 Å². The minimum absolute atomic E-state index is 0.121. The second-order valence-corrected chi connectivity index (χ2v) is 5.90. The summed E-state index contributed by atoms with van der Waals surface area (Å²) >= 11 is 3.19. The van der Waals surface area contributed by atoms with Crippen LogP contribution in [0.4, 0.5) is 0 Å². The fourth-order valence-corrected chi connectivity index (χ4v) is 2.44. The Morgan fingerprint density at radius 3 is 2.44 bits per heavy atom. The number of hydrogen-bond acceptors (Lipinski definition) is 4. The number of hydrogen-bond donors (Lipinski definition) is 1. The van der Waals surface area contributed by atoms with E-state index in [-0.39, 0.29) is 12.5 Å². The molecular formula is C19H15BrN2O3. The second kappa shape index (κ2) is 8.30. The molecule has 126 valence electrons. The molecule has 3 aromatic rings. The highest BCUT2D eigenvalue weighted by Crippen LogP contribution is 2.21. The number of furan rings is 1. The first-order valence-corrected chi connectivity index (χ1v) is 8.35. The Balaban J connectivity index is 1.48. The molecule has 0 unspecified atom stereocenters. The van der Waals surface area contributed by atoms with E-state index in [9.17, 15) is 4.79 Å². The summed E-state index contributed by atoms with van der Waals surface area (Å²) in [5, 5.41) is 3.80. The topological polar surface area (TPSA) is 63.8 Å². The summed E-state index contributed by atoms with van der Waals surface area (Å²) in [6, 6.07) is 21.1. The van der Waals surface area contributed by atoms with Crippen molar-refractivity contribution in [1.29, 1.82) is 0 Å². The van der Waals surface area contributed by atoms with Gasteiger partial charge in [0.1, 0.15) is 11.5 Å². The van der Waals surface area contributed by atoms with Crippen LogP contribution in [0.1, 0.15) is 5.76 Å². The van der Waals surface area contributed by atoms with E-state index in [1.54, 1.807) is 12.1 Å². The summed E-state index contributed by atoms with van der Waals surface area (Å²) in [4.78, 5) is 11.7. The van der Waals surface area contributed by atoms with Crippen LogP contribution in [0.2, 0.25) is 0 Å². The fraction of sp³-hybridized carbons (Fsp3) is 0.0526. The lowest BCUT2D eigenvalue weighted by atomic mass is 10.1. The molecule has 0 aliphatic heterocycles. The third-order valence-corrected chi connectivity index (χ3v) is 3.73. The van der Waals surface area contributed by atoms with E-state index < -0.39 is 0 Å². The summed E-state index contributed by atoms with van der Waals surface area (Å²) < 4.78 is 11.3. The Labute approximate surface area is 153 Å². The van der Waals surface area contributed by atoms with Gasteiger partial charge in [0, 0.05) is 0 Å². The molecule has 3 rings (SSSR count). The highest BCUT2D eigenvalue weighted by atomic mass is 79.9. The number of carbonyl (C=O) groups excluding carboxylic acids is 1. The molecule has 25 heavy (non-hydrogen) atoms. The van der Waals surface area contributed by atoms with Crippen LogP contribution in [0.5, 0.6) is 5.75 Å². The van der Waals surface area contributed by atoms with Gasteiger partial charge in [-0.2, -0.15) is 5.10 Å². The average Bonchev–Trinajstić information content (AvgIpc) is 3.06. The van der Waals surface area contributed by atoms with E-state index in [2.05, 4.69) is 26.5 Å². The Hall–Kier alpha value is -2.86. The third kappa shape index (κ3) is 5.06. The number of nitrogens with zero attached hydrogens (tertiary/aromatic N) is 1. The molecule has 0 aliphatic rings. The maximum Gasteiger partial charge on any atom is 0.277 e. The number of nitrogens with one attached hydrogen (secondary N) is 1. The molecule has 1 amide bonds. The number of halogens is 1. The number of ether oxygens (including phenoxy) is 1. The predicted octanol–water partition coefficient (Wildman–Crippen LogP) is 4.24. The number of rotatable bonds is 6. The molecule has 1 aromatic heterocycles. The van der Waals surface area contributed by atoms with E-state index in [1.807, 2.05) is 54.6 Å². The van der Waals surface area contributed by atoms with E-state index >= 15 is 0 Å². The minimum atomic E-state index is -0.353. The third-order valence-electron chi connectivity index (χ3n) is 3.31. The van der Waals surface area contributed by atoms with Gasteiger partial charge in [-0.15, -0.1) is 0 Å². The molecule has 5 nitrogen and oxygen atoms in total. The number of amides is 1. The summed E-state index contributed by atoms with van der Waals surface area (Å²) in [6.45, 7) is -0.121. The molecular weight excluding hydrogens is 384 g/mol. The first-order chi connectivity index (χ1) is 12.2. The highest BCUT2D eigenvalue weighted by molar-refractivity contribution is 9.10. The van der Waals surface area contributed by atoms with Crippen molar-refractivity contribution in [2.45, 2.75) is 0 Å². The van der Waals surface area contributed by atoms with Gasteiger partial charge < -0.3 is 9.15 Å². The van der Waals surface area contributed by atoms with Crippen molar-refractivity contribution >= 4 is 28.1 Å². The summed E-state index contributed by atoms with van der Waals surface area (Å²) in [5.41, 5.74) is 4.60. The largest absolute Gasteiger partial charge is 0.484 e. The Bertz CT molecular complexity index is 858. The molecule has 0 bridgehead atoms. The molecule has 6 heteroatoms. The van der Waals surface area contributed by atoms with E-state index in [1.165, 1.54) is 6.21 Å². The number of hydrazone groups is 1. The molecule has 0 atom stereocenters. The predicted molar refractivity (Wildman–Crippen MR) is 99.5 cm³/mol. The van der Waals surface area contributed by atoms with Gasteiger partial charge in [-0.1, -0.05) is 42.5 Å². The Morgan fingerprint density at radius 1 is 1.04 bits per heavy atom. The molecule has 0 radical (unpaired) electrons. The number of carbonyl (C=O) groups is 1. The quantitative estimate of drug-likeness (QED) is 0.498. The Morgan fingerprint density at radius 2 is 1.76 bits per heavy atom. The van der Waals surface area contributed by atoms with E-state index in [0.29, 0.717) is 16.2 Å². The van der Waals surface area contributed by atoms with Crippen LogP contribution in [-0.4, -0.2) is 18.7 Å². The van der Waals surface area contributed by atoms with Crippen molar-refractivity contribution < 1.29 is 13.9 Å². The van der Waals surface area contributed by atoms with Crippen molar-refractivity contribution in [3.8, 4) is 16.9 Å². The van der Waals surface area contributed by atoms with Crippen LogP contribution in [-0.2, 0) is 4.79 Å². The maximum atomic E-state index is 11.7. The first-order valence-electron chi connectivity index (χ1n) is 7.56. The van der Waals surface area contributed by atoms with Crippen molar-refractivity contribution in [1.82, 2.24) is 5.43 Å². The van der Waals surface area contributed by atoms with Gasteiger partial charge in [0.15, 0.2) is 11.3 Å². The molecule has 2 aromatic carbocycles. The van der Waals surface area contributed by atoms with E-state index in [4.69, 9.17) is 9.15 Å². The molecule has 0 aliphatic carbocycles. The molecule has 0 saturated carbocycles. The molecule has 1 heterocycles. The second-order valence-electron chi connectivity index (χ2n) is 5.11. The Kier molecular flexibility index (Phi) is 5.64. The standard InChI is InChI=1S/C19H15BrN2O3/c20-18-11-10-17(25-18)12-21-22-19(23)13-24-16-8-6-15(7-9-16)14-4-2-1-3-5-14/h1-12H,13H2,(H,22,23)/b21-12-. The zero-order valence-electron chi connectivity index (χ0n) is 13.2. The van der Waals surface area contributed by atoms with Gasteiger partial charge >= 0.3 is 0 Å². The lowest BCUT2D eigenvalue weighted by molar-refractivity contribution is -0.123. The van der Waals surface area contributed by atoms with Crippen LogP contribution >= 0.6 is 15.9 Å². The lowest BCUT2D eigenvalue weighted by Crippen LogP contribution is -2.24. The minimum Gasteiger partial charge on any atom is -0.484 e. The van der Waals surface area contributed by atoms with Crippen molar-refractivity contribution in [3.05, 3.63) is 77.2 Å². The van der Waals surface area contributed by atoms with Crippen LogP contribution in [0.3, 0.4) is 0 Å². The first kappa shape index (κ1) is 17.0. The van der Waals surface area contributed by atoms with Crippen LogP contribution in [0.15, 0.2) is 80.9 Å². The zero-order valence-corrected chi connectivity index (χ0v) is 14.8. The summed E-state index contributed by atoms with van der Waals surface area (Å²) in [6.07, 6.45) is 1.41. The van der Waals surface area contributed by atoms with Crippen molar-refractivity contribution in [2.24, 2.45) is 5.10 Å². The van der Waals surface area contributed by atoms with Crippen LogP contribution in [0, 0.1) is 0 Å². The fourth-order valence-electron chi connectivity index (χ4n) is 2.12. The van der Waals surface area contributed by atoms with Crippen molar-refractivity contribution in [3.63, 3.8) is 0 Å². The summed E-state index contributed by atoms with van der Waals surface area (Å²) in [7, 11) is 0.